The number of para-hydroxylation sites is 1. The van der Waals surface area contributed by atoms with Gasteiger partial charge in [-0.25, -0.2) is 4.98 Å². The zero-order valence-corrected chi connectivity index (χ0v) is 14.6. The minimum Gasteiger partial charge on any atom is -0.369 e. The molecule has 2 aliphatic heterocycles. The second-order valence-electron chi connectivity index (χ2n) is 7.01. The van der Waals surface area contributed by atoms with E-state index in [9.17, 15) is 4.79 Å². The third kappa shape index (κ3) is 3.11. The average Bonchev–Trinajstić information content (AvgIpc) is 2.77. The summed E-state index contributed by atoms with van der Waals surface area (Å²) >= 11 is 0. The van der Waals surface area contributed by atoms with Gasteiger partial charge in [0.25, 0.3) is 0 Å². The highest BCUT2D eigenvalue weighted by molar-refractivity contribution is 5.92. The molecule has 4 rings (SSSR count). The minimum atomic E-state index is -0.231. The first-order chi connectivity index (χ1) is 12.1. The van der Waals surface area contributed by atoms with Crippen molar-refractivity contribution in [1.82, 2.24) is 14.9 Å². The molecule has 1 amide bonds. The number of nitrogens with two attached hydrogens (primary N) is 1. The Hall–Kier alpha value is -2.41. The second kappa shape index (κ2) is 6.48. The average molecular weight is 340 g/mol. The summed E-state index contributed by atoms with van der Waals surface area (Å²) in [6.45, 7) is 5.28. The Kier molecular flexibility index (Phi) is 4.17. The summed E-state index contributed by atoms with van der Waals surface area (Å²) in [5.74, 6) is 1.39. The Labute approximate surface area is 147 Å². The molecule has 2 aliphatic rings. The van der Waals surface area contributed by atoms with E-state index in [1.165, 1.54) is 0 Å². The standard InChI is InChI=1S/C18H24N6O/c1-22-7-4-8-23(10-9-22)18-20-15-6-3-2-5-14(15)17(21-18)24-11-13(12-24)16(19)25/h2-3,5-6,13H,4,7-12H2,1H3,(H2,19,25). The molecule has 0 spiro atoms. The Morgan fingerprint density at radius 2 is 1.88 bits per heavy atom. The summed E-state index contributed by atoms with van der Waals surface area (Å²) < 4.78 is 0. The smallest absolute Gasteiger partial charge is 0.227 e. The quantitative estimate of drug-likeness (QED) is 0.886. The summed E-state index contributed by atoms with van der Waals surface area (Å²) in [7, 11) is 2.15. The van der Waals surface area contributed by atoms with Gasteiger partial charge in [-0.2, -0.15) is 4.98 Å². The molecule has 1 aromatic carbocycles. The van der Waals surface area contributed by atoms with E-state index in [1.807, 2.05) is 24.3 Å². The molecule has 0 atom stereocenters. The van der Waals surface area contributed by atoms with Gasteiger partial charge >= 0.3 is 0 Å². The normalized spacial score (nSPS) is 19.7. The topological polar surface area (TPSA) is 78.6 Å². The van der Waals surface area contributed by atoms with Crippen molar-refractivity contribution in [2.75, 3.05) is 56.1 Å². The first-order valence-electron chi connectivity index (χ1n) is 8.86. The molecule has 2 fully saturated rings. The molecule has 0 aliphatic carbocycles. The molecule has 0 saturated carbocycles. The number of nitrogens with zero attached hydrogens (tertiary/aromatic N) is 5. The number of hydrogen-bond donors (Lipinski definition) is 1. The molecule has 0 bridgehead atoms. The molecular weight excluding hydrogens is 316 g/mol. The number of primary amides is 1. The Morgan fingerprint density at radius 1 is 1.08 bits per heavy atom. The van der Waals surface area contributed by atoms with Gasteiger partial charge in [-0.15, -0.1) is 0 Å². The van der Waals surface area contributed by atoms with Gasteiger partial charge in [-0.05, 0) is 32.1 Å². The van der Waals surface area contributed by atoms with Gasteiger partial charge in [0.2, 0.25) is 11.9 Å². The third-order valence-corrected chi connectivity index (χ3v) is 5.16. The number of anilines is 2. The summed E-state index contributed by atoms with van der Waals surface area (Å²) in [5.41, 5.74) is 6.36. The number of carbonyl (C=O) groups excluding carboxylic acids is 1. The molecule has 0 radical (unpaired) electrons. The van der Waals surface area contributed by atoms with Gasteiger partial charge in [-0.3, -0.25) is 4.79 Å². The number of rotatable bonds is 3. The fourth-order valence-electron chi connectivity index (χ4n) is 3.51. The number of likely N-dealkylation sites (N-methyl/N-ethyl adjacent to an activating group) is 1. The SMILES string of the molecule is CN1CCCN(c2nc(N3CC(C(N)=O)C3)c3ccccc3n2)CC1. The summed E-state index contributed by atoms with van der Waals surface area (Å²) in [4.78, 5) is 27.8. The van der Waals surface area contributed by atoms with Crippen LogP contribution in [-0.2, 0) is 4.79 Å². The van der Waals surface area contributed by atoms with Crippen LogP contribution in [0.1, 0.15) is 6.42 Å². The number of fused-ring (bicyclic) bond motifs is 1. The van der Waals surface area contributed by atoms with Crippen molar-refractivity contribution in [3.8, 4) is 0 Å². The van der Waals surface area contributed by atoms with Crippen LogP contribution in [0.2, 0.25) is 0 Å². The largest absolute Gasteiger partial charge is 0.369 e. The van der Waals surface area contributed by atoms with Crippen LogP contribution in [0, 0.1) is 5.92 Å². The van der Waals surface area contributed by atoms with Crippen LogP contribution in [0.25, 0.3) is 10.9 Å². The predicted octanol–water partition coefficient (Wildman–Crippen LogP) is 0.693. The van der Waals surface area contributed by atoms with E-state index in [2.05, 4.69) is 21.7 Å². The van der Waals surface area contributed by atoms with E-state index < -0.39 is 0 Å². The van der Waals surface area contributed by atoms with Crippen molar-refractivity contribution in [2.45, 2.75) is 6.42 Å². The molecule has 0 unspecified atom stereocenters. The molecule has 1 aromatic heterocycles. The number of aromatic nitrogens is 2. The number of benzene rings is 1. The lowest BCUT2D eigenvalue weighted by Gasteiger charge is -2.39. The molecule has 2 saturated heterocycles. The highest BCUT2D eigenvalue weighted by Gasteiger charge is 2.33. The highest BCUT2D eigenvalue weighted by atomic mass is 16.1. The van der Waals surface area contributed by atoms with Crippen molar-refractivity contribution in [2.24, 2.45) is 11.7 Å². The van der Waals surface area contributed by atoms with E-state index in [1.54, 1.807) is 0 Å². The van der Waals surface area contributed by atoms with Crippen LogP contribution < -0.4 is 15.5 Å². The van der Waals surface area contributed by atoms with Gasteiger partial charge in [0.1, 0.15) is 5.82 Å². The molecule has 25 heavy (non-hydrogen) atoms. The predicted molar refractivity (Wildman–Crippen MR) is 98.8 cm³/mol. The van der Waals surface area contributed by atoms with Crippen molar-refractivity contribution in [3.05, 3.63) is 24.3 Å². The van der Waals surface area contributed by atoms with E-state index in [0.717, 1.165) is 55.3 Å². The molecule has 7 heteroatoms. The number of amides is 1. The number of carbonyl (C=O) groups is 1. The molecule has 132 valence electrons. The van der Waals surface area contributed by atoms with Crippen molar-refractivity contribution in [3.63, 3.8) is 0 Å². The van der Waals surface area contributed by atoms with E-state index in [4.69, 9.17) is 15.7 Å². The summed E-state index contributed by atoms with van der Waals surface area (Å²) in [5, 5.41) is 1.03. The lowest BCUT2D eigenvalue weighted by Crippen LogP contribution is -2.53. The Bertz CT molecular complexity index is 788. The first-order valence-corrected chi connectivity index (χ1v) is 8.86. The summed E-state index contributed by atoms with van der Waals surface area (Å²) in [6, 6.07) is 8.07. The van der Waals surface area contributed by atoms with Gasteiger partial charge in [0, 0.05) is 38.1 Å². The lowest BCUT2D eigenvalue weighted by atomic mass is 9.99. The fraction of sp³-hybridized carbons (Fsp3) is 0.500. The van der Waals surface area contributed by atoms with Crippen molar-refractivity contribution >= 4 is 28.6 Å². The summed E-state index contributed by atoms with van der Waals surface area (Å²) in [6.07, 6.45) is 1.11. The van der Waals surface area contributed by atoms with E-state index >= 15 is 0 Å². The molecule has 2 aromatic rings. The van der Waals surface area contributed by atoms with E-state index in [-0.39, 0.29) is 11.8 Å². The van der Waals surface area contributed by atoms with Crippen molar-refractivity contribution < 1.29 is 4.79 Å². The Balaban J connectivity index is 1.68. The van der Waals surface area contributed by atoms with Crippen LogP contribution in [-0.4, -0.2) is 67.1 Å². The highest BCUT2D eigenvalue weighted by Crippen LogP contribution is 2.31. The molecule has 7 nitrogen and oxygen atoms in total. The van der Waals surface area contributed by atoms with Gasteiger partial charge in [0.15, 0.2) is 0 Å². The second-order valence-corrected chi connectivity index (χ2v) is 7.01. The van der Waals surface area contributed by atoms with Crippen LogP contribution in [0.3, 0.4) is 0 Å². The van der Waals surface area contributed by atoms with Gasteiger partial charge in [-0.1, -0.05) is 12.1 Å². The van der Waals surface area contributed by atoms with Crippen molar-refractivity contribution in [1.29, 1.82) is 0 Å². The maximum atomic E-state index is 11.4. The maximum Gasteiger partial charge on any atom is 0.227 e. The van der Waals surface area contributed by atoms with Crippen LogP contribution in [0.5, 0.6) is 0 Å². The Morgan fingerprint density at radius 3 is 2.68 bits per heavy atom. The lowest BCUT2D eigenvalue weighted by molar-refractivity contribution is -0.122. The molecule has 3 heterocycles. The minimum absolute atomic E-state index is 0.0796. The van der Waals surface area contributed by atoms with Gasteiger partial charge in [0.05, 0.1) is 11.4 Å². The monoisotopic (exact) mass is 340 g/mol. The van der Waals surface area contributed by atoms with Gasteiger partial charge < -0.3 is 20.4 Å². The zero-order chi connectivity index (χ0) is 17.4. The van der Waals surface area contributed by atoms with Crippen LogP contribution in [0.15, 0.2) is 24.3 Å². The third-order valence-electron chi connectivity index (χ3n) is 5.16. The fourth-order valence-corrected chi connectivity index (χ4v) is 3.51. The molecule has 2 N–H and O–H groups in total. The van der Waals surface area contributed by atoms with Crippen LogP contribution in [0.4, 0.5) is 11.8 Å². The maximum absolute atomic E-state index is 11.4. The first kappa shape index (κ1) is 16.1. The molecular formula is C18H24N6O. The number of hydrogen-bond acceptors (Lipinski definition) is 6. The van der Waals surface area contributed by atoms with E-state index in [0.29, 0.717) is 13.1 Å². The zero-order valence-electron chi connectivity index (χ0n) is 14.6. The van der Waals surface area contributed by atoms with Crippen LogP contribution >= 0.6 is 0 Å².